The van der Waals surface area contributed by atoms with Crippen molar-refractivity contribution in [3.8, 4) is 66.8 Å². The molecule has 0 unspecified atom stereocenters. The molecular formula is C65H43N. The normalized spacial score (nSPS) is 12.7. The number of hydrogen-bond donors (Lipinski definition) is 0. The van der Waals surface area contributed by atoms with E-state index >= 15 is 0 Å². The third-order valence-electron chi connectivity index (χ3n) is 14.1. The van der Waals surface area contributed by atoms with E-state index in [-0.39, 0.29) is 5.41 Å². The molecule has 0 amide bonds. The molecule has 1 spiro atoms. The highest BCUT2D eigenvalue weighted by molar-refractivity contribution is 5.96. The highest BCUT2D eigenvalue weighted by Gasteiger charge is 2.51. The molecule has 66 heavy (non-hydrogen) atoms. The summed E-state index contributed by atoms with van der Waals surface area (Å²) < 4.78 is 0. The minimum Gasteiger partial charge on any atom is -0.311 e. The third-order valence-corrected chi connectivity index (χ3v) is 14.1. The number of rotatable bonds is 7. The first-order valence-electron chi connectivity index (χ1n) is 22.9. The van der Waals surface area contributed by atoms with Gasteiger partial charge in [-0.2, -0.15) is 0 Å². The average Bonchev–Trinajstić information content (AvgIpc) is 3.87. The summed E-state index contributed by atoms with van der Waals surface area (Å²) in [5.41, 5.74) is 23.3. The minimum atomic E-state index is -0.373. The fourth-order valence-corrected chi connectivity index (χ4v) is 11.0. The highest BCUT2D eigenvalue weighted by atomic mass is 15.1. The van der Waals surface area contributed by atoms with Gasteiger partial charge in [-0.05, 0) is 154 Å². The van der Waals surface area contributed by atoms with Gasteiger partial charge < -0.3 is 4.90 Å². The fourth-order valence-electron chi connectivity index (χ4n) is 11.0. The van der Waals surface area contributed by atoms with Crippen LogP contribution in [0.4, 0.5) is 17.1 Å². The lowest BCUT2D eigenvalue weighted by atomic mass is 9.70. The van der Waals surface area contributed by atoms with E-state index in [2.05, 4.69) is 266 Å². The van der Waals surface area contributed by atoms with Crippen LogP contribution < -0.4 is 4.90 Å². The van der Waals surface area contributed by atoms with Crippen molar-refractivity contribution in [2.45, 2.75) is 5.41 Å². The van der Waals surface area contributed by atoms with Gasteiger partial charge in [0.1, 0.15) is 0 Å². The largest absolute Gasteiger partial charge is 0.311 e. The van der Waals surface area contributed by atoms with Crippen molar-refractivity contribution in [1.29, 1.82) is 0 Å². The molecule has 0 aliphatic heterocycles. The zero-order valence-corrected chi connectivity index (χ0v) is 36.3. The van der Waals surface area contributed by atoms with Crippen LogP contribution in [0.3, 0.4) is 0 Å². The van der Waals surface area contributed by atoms with Crippen LogP contribution >= 0.6 is 0 Å². The summed E-state index contributed by atoms with van der Waals surface area (Å²) in [4.78, 5) is 2.37. The predicted octanol–water partition coefficient (Wildman–Crippen LogP) is 17.3. The first kappa shape index (κ1) is 38.0. The summed E-state index contributed by atoms with van der Waals surface area (Å²) in [6.07, 6.45) is 0. The van der Waals surface area contributed by atoms with Gasteiger partial charge in [0.05, 0.1) is 5.41 Å². The Morgan fingerprint density at radius 2 is 0.576 bits per heavy atom. The molecule has 11 aromatic carbocycles. The maximum absolute atomic E-state index is 2.47. The molecular weight excluding hydrogens is 795 g/mol. The molecule has 308 valence electrons. The molecule has 0 saturated heterocycles. The lowest BCUT2D eigenvalue weighted by Gasteiger charge is -2.30. The lowest BCUT2D eigenvalue weighted by Crippen LogP contribution is -2.25. The Kier molecular flexibility index (Phi) is 8.82. The second kappa shape index (κ2) is 15.3. The van der Waals surface area contributed by atoms with Crippen LogP contribution in [0.15, 0.2) is 261 Å². The van der Waals surface area contributed by atoms with Crippen LogP contribution in [0.1, 0.15) is 22.3 Å². The zero-order valence-electron chi connectivity index (χ0n) is 36.3. The van der Waals surface area contributed by atoms with Gasteiger partial charge >= 0.3 is 0 Å². The Balaban J connectivity index is 0.878. The summed E-state index contributed by atoms with van der Waals surface area (Å²) in [5.74, 6) is 0. The third kappa shape index (κ3) is 6.01. The summed E-state index contributed by atoms with van der Waals surface area (Å²) in [6.45, 7) is 0. The van der Waals surface area contributed by atoms with Crippen LogP contribution in [0, 0.1) is 0 Å². The van der Waals surface area contributed by atoms with Crippen molar-refractivity contribution in [2.24, 2.45) is 0 Å². The predicted molar refractivity (Wildman–Crippen MR) is 277 cm³/mol. The molecule has 1 heteroatoms. The molecule has 0 N–H and O–H groups in total. The standard InChI is InChI=1S/C65H43N/c1-2-13-44(14-3-1)46-27-34-54(35-28-46)66(55-36-29-47(30-37-55)50-17-12-18-51(41-50)52-26-25-45-15-4-5-16-49(45)42-52)56-38-31-48(32-39-56)53-33-40-60-59-21-8-11-24-63(59)65(64(60)43-53)61-22-9-6-19-57(61)58-20-7-10-23-62(58)65/h1-43H. The van der Waals surface area contributed by atoms with Crippen molar-refractivity contribution in [1.82, 2.24) is 0 Å². The monoisotopic (exact) mass is 837 g/mol. The number of nitrogens with zero attached hydrogens (tertiary/aromatic N) is 1. The molecule has 13 rings (SSSR count). The van der Waals surface area contributed by atoms with Crippen molar-refractivity contribution in [3.63, 3.8) is 0 Å². The Morgan fingerprint density at radius 1 is 0.212 bits per heavy atom. The van der Waals surface area contributed by atoms with E-state index in [0.717, 1.165) is 17.1 Å². The fraction of sp³-hybridized carbons (Fsp3) is 0.0154. The van der Waals surface area contributed by atoms with Gasteiger partial charge in [-0.3, -0.25) is 0 Å². The Hall–Kier alpha value is -8.52. The number of benzene rings is 11. The summed E-state index contributed by atoms with van der Waals surface area (Å²) >= 11 is 0. The quantitative estimate of drug-likeness (QED) is 0.155. The molecule has 0 saturated carbocycles. The van der Waals surface area contributed by atoms with Gasteiger partial charge in [0.25, 0.3) is 0 Å². The smallest absolute Gasteiger partial charge is 0.0725 e. The maximum Gasteiger partial charge on any atom is 0.0725 e. The molecule has 0 radical (unpaired) electrons. The molecule has 0 bridgehead atoms. The first-order chi connectivity index (χ1) is 32.7. The van der Waals surface area contributed by atoms with E-state index in [4.69, 9.17) is 0 Å². The van der Waals surface area contributed by atoms with Gasteiger partial charge in [-0.1, -0.05) is 206 Å². The van der Waals surface area contributed by atoms with Crippen LogP contribution in [0.2, 0.25) is 0 Å². The average molecular weight is 838 g/mol. The Labute approximate surface area is 386 Å². The van der Waals surface area contributed by atoms with Gasteiger partial charge in [0, 0.05) is 17.1 Å². The minimum absolute atomic E-state index is 0.373. The van der Waals surface area contributed by atoms with Crippen LogP contribution in [0.5, 0.6) is 0 Å². The SMILES string of the molecule is c1ccc(-c2ccc(N(c3ccc(-c4cccc(-c5ccc6ccccc6c5)c4)cc3)c3ccc(-c4ccc5c(c4)C4(c6ccccc6-c6ccccc64)c4ccccc4-5)cc3)cc2)cc1. The molecule has 0 heterocycles. The van der Waals surface area contributed by atoms with Crippen molar-refractivity contribution < 1.29 is 0 Å². The van der Waals surface area contributed by atoms with E-state index in [9.17, 15) is 0 Å². The zero-order chi connectivity index (χ0) is 43.6. The van der Waals surface area contributed by atoms with Crippen molar-refractivity contribution in [2.75, 3.05) is 4.90 Å². The van der Waals surface area contributed by atoms with Crippen LogP contribution in [-0.4, -0.2) is 0 Å². The van der Waals surface area contributed by atoms with E-state index in [1.54, 1.807) is 0 Å². The van der Waals surface area contributed by atoms with E-state index in [0.29, 0.717) is 0 Å². The topological polar surface area (TPSA) is 3.24 Å². The number of anilines is 3. The second-order valence-electron chi connectivity index (χ2n) is 17.6. The first-order valence-corrected chi connectivity index (χ1v) is 22.9. The molecule has 2 aliphatic rings. The van der Waals surface area contributed by atoms with Crippen LogP contribution in [-0.2, 0) is 5.41 Å². The summed E-state index contributed by atoms with van der Waals surface area (Å²) in [6, 6.07) is 96.1. The summed E-state index contributed by atoms with van der Waals surface area (Å²) in [7, 11) is 0. The van der Waals surface area contributed by atoms with Gasteiger partial charge in [0.2, 0.25) is 0 Å². The van der Waals surface area contributed by atoms with Gasteiger partial charge in [0.15, 0.2) is 0 Å². The van der Waals surface area contributed by atoms with Crippen molar-refractivity contribution in [3.05, 3.63) is 283 Å². The molecule has 0 atom stereocenters. The maximum atomic E-state index is 2.47. The number of hydrogen-bond acceptors (Lipinski definition) is 1. The van der Waals surface area contributed by atoms with E-state index in [1.807, 2.05) is 0 Å². The van der Waals surface area contributed by atoms with Crippen molar-refractivity contribution >= 4 is 27.8 Å². The van der Waals surface area contributed by atoms with Gasteiger partial charge in [-0.25, -0.2) is 0 Å². The molecule has 0 aromatic heterocycles. The van der Waals surface area contributed by atoms with E-state index in [1.165, 1.54) is 99.8 Å². The molecule has 0 fully saturated rings. The van der Waals surface area contributed by atoms with E-state index < -0.39 is 0 Å². The lowest BCUT2D eigenvalue weighted by molar-refractivity contribution is 0.794. The molecule has 11 aromatic rings. The second-order valence-corrected chi connectivity index (χ2v) is 17.6. The van der Waals surface area contributed by atoms with Gasteiger partial charge in [-0.15, -0.1) is 0 Å². The Morgan fingerprint density at radius 3 is 1.14 bits per heavy atom. The Bertz CT molecular complexity index is 3560. The number of fused-ring (bicyclic) bond motifs is 11. The van der Waals surface area contributed by atoms with Crippen LogP contribution in [0.25, 0.3) is 77.5 Å². The molecule has 1 nitrogen and oxygen atoms in total. The molecule has 2 aliphatic carbocycles. The summed E-state index contributed by atoms with van der Waals surface area (Å²) in [5, 5.41) is 2.51. The highest BCUT2D eigenvalue weighted by Crippen LogP contribution is 2.63.